The summed E-state index contributed by atoms with van der Waals surface area (Å²) in [4.78, 5) is 36.0. The van der Waals surface area contributed by atoms with Crippen LogP contribution in [0.15, 0.2) is 60.7 Å². The molecule has 2 amide bonds. The van der Waals surface area contributed by atoms with E-state index in [1.165, 1.54) is 0 Å². The molecule has 0 atom stereocenters. The van der Waals surface area contributed by atoms with Crippen LogP contribution in [0.2, 0.25) is 5.02 Å². The number of ether oxygens (including phenoxy) is 1. The van der Waals surface area contributed by atoms with Crippen LogP contribution < -0.4 is 10.6 Å². The van der Waals surface area contributed by atoms with Crippen LogP contribution in [0.3, 0.4) is 0 Å². The first-order chi connectivity index (χ1) is 13.9. The number of fused-ring (bicyclic) bond motifs is 1. The second-order valence-electron chi connectivity index (χ2n) is 6.41. The SMILES string of the molecule is Cc1ccc(Cl)cc1NC(=O)COC(=O)CNC(=O)c1ccc2ccccc2c1. The molecule has 0 spiro atoms. The second-order valence-corrected chi connectivity index (χ2v) is 6.85. The van der Waals surface area contributed by atoms with Gasteiger partial charge in [-0.1, -0.05) is 48.0 Å². The van der Waals surface area contributed by atoms with Crippen LogP contribution in [0, 0.1) is 6.92 Å². The molecular weight excluding hydrogens is 392 g/mol. The minimum Gasteiger partial charge on any atom is -0.454 e. The van der Waals surface area contributed by atoms with Crippen LogP contribution in [0.5, 0.6) is 0 Å². The van der Waals surface area contributed by atoms with E-state index in [4.69, 9.17) is 16.3 Å². The Balaban J connectivity index is 1.47. The molecule has 0 aliphatic carbocycles. The maximum Gasteiger partial charge on any atom is 0.325 e. The normalized spacial score (nSPS) is 10.4. The summed E-state index contributed by atoms with van der Waals surface area (Å²) in [6.45, 7) is 1.02. The van der Waals surface area contributed by atoms with Gasteiger partial charge in [0.05, 0.1) is 0 Å². The smallest absolute Gasteiger partial charge is 0.325 e. The summed E-state index contributed by atoms with van der Waals surface area (Å²) in [7, 11) is 0. The van der Waals surface area contributed by atoms with Crippen LogP contribution in [0.1, 0.15) is 15.9 Å². The van der Waals surface area contributed by atoms with Gasteiger partial charge >= 0.3 is 5.97 Å². The average molecular weight is 411 g/mol. The van der Waals surface area contributed by atoms with E-state index < -0.39 is 24.4 Å². The number of carbonyl (C=O) groups is 3. The zero-order valence-corrected chi connectivity index (χ0v) is 16.5. The van der Waals surface area contributed by atoms with Gasteiger partial charge in [-0.05, 0) is 47.5 Å². The van der Waals surface area contributed by atoms with Crippen molar-refractivity contribution in [2.24, 2.45) is 0 Å². The van der Waals surface area contributed by atoms with Gasteiger partial charge in [0.1, 0.15) is 6.54 Å². The first-order valence-corrected chi connectivity index (χ1v) is 9.29. The summed E-state index contributed by atoms with van der Waals surface area (Å²) in [5.41, 5.74) is 1.81. The van der Waals surface area contributed by atoms with Gasteiger partial charge in [0.25, 0.3) is 11.8 Å². The van der Waals surface area contributed by atoms with Crippen molar-refractivity contribution in [2.75, 3.05) is 18.5 Å². The molecule has 0 radical (unpaired) electrons. The summed E-state index contributed by atoms with van der Waals surface area (Å²) in [6.07, 6.45) is 0. The van der Waals surface area contributed by atoms with Crippen molar-refractivity contribution >= 4 is 45.8 Å². The van der Waals surface area contributed by atoms with E-state index in [0.29, 0.717) is 16.3 Å². The highest BCUT2D eigenvalue weighted by Crippen LogP contribution is 2.20. The Labute approximate surface area is 172 Å². The van der Waals surface area contributed by atoms with Crippen molar-refractivity contribution in [2.45, 2.75) is 6.92 Å². The highest BCUT2D eigenvalue weighted by molar-refractivity contribution is 6.31. The van der Waals surface area contributed by atoms with Crippen LogP contribution in [0.25, 0.3) is 10.8 Å². The largest absolute Gasteiger partial charge is 0.454 e. The van der Waals surface area contributed by atoms with Gasteiger partial charge in [0, 0.05) is 16.3 Å². The van der Waals surface area contributed by atoms with E-state index in [0.717, 1.165) is 16.3 Å². The van der Waals surface area contributed by atoms with E-state index in [-0.39, 0.29) is 6.54 Å². The highest BCUT2D eigenvalue weighted by atomic mass is 35.5. The van der Waals surface area contributed by atoms with E-state index in [9.17, 15) is 14.4 Å². The molecular formula is C22H19ClN2O4. The topological polar surface area (TPSA) is 84.5 Å². The van der Waals surface area contributed by atoms with Crippen molar-refractivity contribution in [3.63, 3.8) is 0 Å². The number of rotatable bonds is 6. The molecule has 3 rings (SSSR count). The fraction of sp³-hybridized carbons (Fsp3) is 0.136. The minimum atomic E-state index is -0.711. The summed E-state index contributed by atoms with van der Waals surface area (Å²) < 4.78 is 4.90. The van der Waals surface area contributed by atoms with Crippen molar-refractivity contribution in [3.05, 3.63) is 76.8 Å². The predicted octanol–water partition coefficient (Wildman–Crippen LogP) is 3.71. The van der Waals surface area contributed by atoms with Crippen LogP contribution in [0.4, 0.5) is 5.69 Å². The molecule has 3 aromatic rings. The molecule has 0 saturated heterocycles. The zero-order valence-electron chi connectivity index (χ0n) is 15.7. The molecule has 148 valence electrons. The molecule has 0 bridgehead atoms. The van der Waals surface area contributed by atoms with Crippen molar-refractivity contribution in [1.82, 2.24) is 5.32 Å². The van der Waals surface area contributed by atoms with Crippen molar-refractivity contribution in [3.8, 4) is 0 Å². The van der Waals surface area contributed by atoms with Crippen LogP contribution in [-0.2, 0) is 14.3 Å². The Morgan fingerprint density at radius 2 is 1.72 bits per heavy atom. The van der Waals surface area contributed by atoms with E-state index in [1.807, 2.05) is 37.3 Å². The number of carbonyl (C=O) groups excluding carboxylic acids is 3. The van der Waals surface area contributed by atoms with Gasteiger partial charge in [0.2, 0.25) is 0 Å². The summed E-state index contributed by atoms with van der Waals surface area (Å²) in [6, 6.07) is 18.0. The maximum atomic E-state index is 12.2. The molecule has 7 heteroatoms. The van der Waals surface area contributed by atoms with Crippen LogP contribution >= 0.6 is 11.6 Å². The van der Waals surface area contributed by atoms with Crippen molar-refractivity contribution < 1.29 is 19.1 Å². The van der Waals surface area contributed by atoms with Crippen LogP contribution in [-0.4, -0.2) is 30.9 Å². The fourth-order valence-electron chi connectivity index (χ4n) is 2.70. The molecule has 29 heavy (non-hydrogen) atoms. The Morgan fingerprint density at radius 1 is 0.966 bits per heavy atom. The number of hydrogen-bond donors (Lipinski definition) is 2. The Bertz CT molecular complexity index is 1080. The number of halogens is 1. The quantitative estimate of drug-likeness (QED) is 0.606. The highest BCUT2D eigenvalue weighted by Gasteiger charge is 2.12. The molecule has 0 saturated carbocycles. The maximum absolute atomic E-state index is 12.2. The molecule has 0 fully saturated rings. The lowest BCUT2D eigenvalue weighted by Crippen LogP contribution is -2.32. The third-order valence-corrected chi connectivity index (χ3v) is 4.48. The number of benzene rings is 3. The summed E-state index contributed by atoms with van der Waals surface area (Å²) >= 11 is 5.90. The van der Waals surface area contributed by atoms with E-state index in [2.05, 4.69) is 10.6 Å². The third-order valence-electron chi connectivity index (χ3n) is 4.24. The molecule has 3 aromatic carbocycles. The number of aryl methyl sites for hydroxylation is 1. The Kier molecular flexibility index (Phi) is 6.46. The number of nitrogens with one attached hydrogen (secondary N) is 2. The molecule has 0 aliphatic rings. The van der Waals surface area contributed by atoms with Gasteiger partial charge in [-0.2, -0.15) is 0 Å². The molecule has 2 N–H and O–H groups in total. The summed E-state index contributed by atoms with van der Waals surface area (Å²) in [5, 5.41) is 7.55. The van der Waals surface area contributed by atoms with E-state index in [1.54, 1.807) is 30.3 Å². The number of anilines is 1. The van der Waals surface area contributed by atoms with Gasteiger partial charge < -0.3 is 15.4 Å². The van der Waals surface area contributed by atoms with Gasteiger partial charge in [0.15, 0.2) is 6.61 Å². The minimum absolute atomic E-state index is 0.338. The Hall–Kier alpha value is -3.38. The molecule has 0 unspecified atom stereocenters. The van der Waals surface area contributed by atoms with Gasteiger partial charge in [-0.25, -0.2) is 0 Å². The first kappa shape index (κ1) is 20.4. The van der Waals surface area contributed by atoms with Gasteiger partial charge in [-0.3, -0.25) is 14.4 Å². The number of hydrogen-bond acceptors (Lipinski definition) is 4. The molecule has 0 heterocycles. The molecule has 6 nitrogen and oxygen atoms in total. The van der Waals surface area contributed by atoms with Crippen molar-refractivity contribution in [1.29, 1.82) is 0 Å². The first-order valence-electron chi connectivity index (χ1n) is 8.91. The summed E-state index contributed by atoms with van der Waals surface area (Å²) in [5.74, 6) is -1.60. The lowest BCUT2D eigenvalue weighted by molar-refractivity contribution is -0.146. The van der Waals surface area contributed by atoms with E-state index >= 15 is 0 Å². The standard InChI is InChI=1S/C22H19ClN2O4/c1-14-6-9-18(23)11-19(14)25-20(26)13-29-21(27)12-24-22(28)17-8-7-15-4-2-3-5-16(15)10-17/h2-11H,12-13H2,1H3,(H,24,28)(H,25,26). The average Bonchev–Trinajstić information content (AvgIpc) is 2.72. The molecule has 0 aliphatic heterocycles. The monoisotopic (exact) mass is 410 g/mol. The predicted molar refractivity (Wildman–Crippen MR) is 112 cm³/mol. The van der Waals surface area contributed by atoms with Gasteiger partial charge in [-0.15, -0.1) is 0 Å². The lowest BCUT2D eigenvalue weighted by atomic mass is 10.1. The fourth-order valence-corrected chi connectivity index (χ4v) is 2.87. The third kappa shape index (κ3) is 5.56. The number of esters is 1. The Morgan fingerprint density at radius 3 is 2.52 bits per heavy atom. The molecule has 0 aromatic heterocycles. The lowest BCUT2D eigenvalue weighted by Gasteiger charge is -2.10. The zero-order chi connectivity index (χ0) is 20.8. The second kappa shape index (κ2) is 9.21. The number of amides is 2.